The highest BCUT2D eigenvalue weighted by Crippen LogP contribution is 2.21. The van der Waals surface area contributed by atoms with Gasteiger partial charge in [0.1, 0.15) is 11.3 Å². The average Bonchev–Trinajstić information content (AvgIpc) is 2.73. The monoisotopic (exact) mass is 451 g/mol. The minimum absolute atomic E-state index is 0.0170. The lowest BCUT2D eigenvalue weighted by molar-refractivity contribution is -0.134. The van der Waals surface area contributed by atoms with Gasteiger partial charge < -0.3 is 9.15 Å². The van der Waals surface area contributed by atoms with Crippen molar-refractivity contribution in [3.05, 3.63) is 68.7 Å². The summed E-state index contributed by atoms with van der Waals surface area (Å²) in [5.74, 6) is -2.40. The van der Waals surface area contributed by atoms with Crippen LogP contribution in [0.3, 0.4) is 0 Å². The SMILES string of the molecule is CCC(=O)Oc1ccc2c(=O)n(Cc3cccc(NS(=O)(=O)NC)c3F)c(=O)oc2c1. The molecule has 1 heterocycles. The fourth-order valence-corrected chi connectivity index (χ4v) is 3.24. The van der Waals surface area contributed by atoms with Crippen molar-refractivity contribution in [1.29, 1.82) is 0 Å². The fraction of sp³-hybridized carbons (Fsp3) is 0.211. The topological polar surface area (TPSA) is 137 Å². The highest BCUT2D eigenvalue weighted by molar-refractivity contribution is 7.90. The molecule has 0 atom stereocenters. The Morgan fingerprint density at radius 2 is 1.97 bits per heavy atom. The zero-order valence-electron chi connectivity index (χ0n) is 16.5. The summed E-state index contributed by atoms with van der Waals surface area (Å²) in [6.45, 7) is 1.12. The molecule has 0 radical (unpaired) electrons. The van der Waals surface area contributed by atoms with Crippen LogP contribution in [-0.2, 0) is 21.5 Å². The number of halogens is 1. The number of benzene rings is 2. The Bertz CT molecular complexity index is 1380. The highest BCUT2D eigenvalue weighted by Gasteiger charge is 2.17. The highest BCUT2D eigenvalue weighted by atomic mass is 32.2. The van der Waals surface area contributed by atoms with Gasteiger partial charge in [-0.25, -0.2) is 18.5 Å². The van der Waals surface area contributed by atoms with Gasteiger partial charge in [0.25, 0.3) is 15.8 Å². The first-order valence-electron chi connectivity index (χ1n) is 9.02. The molecular weight excluding hydrogens is 433 g/mol. The summed E-state index contributed by atoms with van der Waals surface area (Å²) in [7, 11) is -2.82. The third-order valence-electron chi connectivity index (χ3n) is 4.29. The van der Waals surface area contributed by atoms with E-state index in [1.165, 1.54) is 36.4 Å². The summed E-state index contributed by atoms with van der Waals surface area (Å²) in [6, 6.07) is 7.80. The van der Waals surface area contributed by atoms with Gasteiger partial charge in [-0.15, -0.1) is 0 Å². The maximum absolute atomic E-state index is 14.8. The molecule has 0 amide bonds. The molecule has 3 rings (SSSR count). The third kappa shape index (κ3) is 4.81. The number of anilines is 1. The number of ether oxygens (including phenoxy) is 1. The van der Waals surface area contributed by atoms with Gasteiger partial charge in [-0.2, -0.15) is 8.42 Å². The lowest BCUT2D eigenvalue weighted by Crippen LogP contribution is -2.33. The van der Waals surface area contributed by atoms with Crippen molar-refractivity contribution in [2.75, 3.05) is 11.8 Å². The number of rotatable bonds is 7. The van der Waals surface area contributed by atoms with Crippen molar-refractivity contribution < 1.29 is 26.8 Å². The predicted molar refractivity (Wildman–Crippen MR) is 110 cm³/mol. The fourth-order valence-electron chi connectivity index (χ4n) is 2.69. The normalized spacial score (nSPS) is 11.5. The van der Waals surface area contributed by atoms with Crippen molar-refractivity contribution in [2.24, 2.45) is 0 Å². The van der Waals surface area contributed by atoms with Crippen LogP contribution >= 0.6 is 0 Å². The molecule has 12 heteroatoms. The summed E-state index contributed by atoms with van der Waals surface area (Å²) in [5.41, 5.74) is -1.31. The first-order chi connectivity index (χ1) is 14.6. The molecule has 31 heavy (non-hydrogen) atoms. The Labute approximate surface area is 175 Å². The van der Waals surface area contributed by atoms with Crippen molar-refractivity contribution in [3.8, 4) is 5.75 Å². The second kappa shape index (κ2) is 8.70. The van der Waals surface area contributed by atoms with E-state index in [9.17, 15) is 27.2 Å². The standard InChI is InChI=1S/C19H18FN3O7S/c1-3-16(24)29-12-7-8-13-15(9-12)30-19(26)23(18(13)25)10-11-5-4-6-14(17(11)20)22-31(27,28)21-2/h4-9,21-22H,3,10H2,1-2H3. The van der Waals surface area contributed by atoms with Gasteiger partial charge in [-0.3, -0.25) is 14.3 Å². The quantitative estimate of drug-likeness (QED) is 0.408. The molecule has 164 valence electrons. The molecule has 0 aliphatic heterocycles. The molecule has 3 aromatic rings. The van der Waals surface area contributed by atoms with E-state index in [1.807, 2.05) is 9.44 Å². The van der Waals surface area contributed by atoms with Crippen molar-refractivity contribution >= 4 is 32.8 Å². The molecule has 0 unspecified atom stereocenters. The molecule has 0 saturated heterocycles. The number of esters is 1. The number of carbonyl (C=O) groups excluding carboxylic acids is 1. The zero-order chi connectivity index (χ0) is 22.8. The molecule has 0 aliphatic rings. The van der Waals surface area contributed by atoms with E-state index < -0.39 is 39.9 Å². The molecule has 0 aliphatic carbocycles. The molecule has 0 saturated carbocycles. The number of hydrogen-bond acceptors (Lipinski definition) is 7. The van der Waals surface area contributed by atoms with Crippen LogP contribution in [0.4, 0.5) is 10.1 Å². The smallest absolute Gasteiger partial charge is 0.422 e. The minimum atomic E-state index is -3.97. The molecule has 0 spiro atoms. The van der Waals surface area contributed by atoms with Gasteiger partial charge in [0, 0.05) is 25.1 Å². The van der Waals surface area contributed by atoms with Gasteiger partial charge in [-0.1, -0.05) is 19.1 Å². The van der Waals surface area contributed by atoms with Crippen LogP contribution in [0.25, 0.3) is 11.0 Å². The third-order valence-corrected chi connectivity index (χ3v) is 5.31. The van der Waals surface area contributed by atoms with E-state index in [2.05, 4.69) is 0 Å². The van der Waals surface area contributed by atoms with E-state index >= 15 is 0 Å². The van der Waals surface area contributed by atoms with Crippen LogP contribution in [0.5, 0.6) is 5.75 Å². The predicted octanol–water partition coefficient (Wildman–Crippen LogP) is 1.33. The van der Waals surface area contributed by atoms with E-state index in [1.54, 1.807) is 6.92 Å². The van der Waals surface area contributed by atoms with Gasteiger partial charge in [0.2, 0.25) is 0 Å². The maximum Gasteiger partial charge on any atom is 0.422 e. The zero-order valence-corrected chi connectivity index (χ0v) is 17.3. The Hall–Kier alpha value is -3.51. The number of hydrogen-bond donors (Lipinski definition) is 2. The first-order valence-corrected chi connectivity index (χ1v) is 10.5. The molecule has 2 N–H and O–H groups in total. The molecular formula is C19H18FN3O7S. The lowest BCUT2D eigenvalue weighted by Gasteiger charge is -2.11. The Morgan fingerprint density at radius 1 is 1.23 bits per heavy atom. The van der Waals surface area contributed by atoms with Crippen molar-refractivity contribution in [3.63, 3.8) is 0 Å². The molecule has 0 bridgehead atoms. The number of fused-ring (bicyclic) bond motifs is 1. The van der Waals surface area contributed by atoms with Crippen LogP contribution < -0.4 is 25.5 Å². The number of carbonyl (C=O) groups is 1. The summed E-state index contributed by atoms with van der Waals surface area (Å²) in [5, 5.41) is 0.0170. The lowest BCUT2D eigenvalue weighted by atomic mass is 10.2. The number of nitrogens with one attached hydrogen (secondary N) is 2. The van der Waals surface area contributed by atoms with E-state index in [0.717, 1.165) is 7.05 Å². The molecule has 2 aromatic carbocycles. The van der Waals surface area contributed by atoms with E-state index in [-0.39, 0.29) is 34.4 Å². The number of nitrogens with zero attached hydrogens (tertiary/aromatic N) is 1. The summed E-state index contributed by atoms with van der Waals surface area (Å²) in [4.78, 5) is 36.5. The Kier molecular flexibility index (Phi) is 6.22. The van der Waals surface area contributed by atoms with Crippen molar-refractivity contribution in [1.82, 2.24) is 9.29 Å². The maximum atomic E-state index is 14.8. The molecule has 1 aromatic heterocycles. The van der Waals surface area contributed by atoms with Crippen LogP contribution in [0.1, 0.15) is 18.9 Å². The molecule has 0 fully saturated rings. The number of aromatic nitrogens is 1. The Morgan fingerprint density at radius 3 is 2.65 bits per heavy atom. The van der Waals surface area contributed by atoms with E-state index in [4.69, 9.17) is 9.15 Å². The van der Waals surface area contributed by atoms with Crippen LogP contribution in [0.2, 0.25) is 0 Å². The van der Waals surface area contributed by atoms with Crippen molar-refractivity contribution in [2.45, 2.75) is 19.9 Å². The van der Waals surface area contributed by atoms with Gasteiger partial charge in [-0.05, 0) is 18.2 Å². The summed E-state index contributed by atoms with van der Waals surface area (Å²) < 4.78 is 52.8. The largest absolute Gasteiger partial charge is 0.426 e. The van der Waals surface area contributed by atoms with Gasteiger partial charge in [0.15, 0.2) is 5.82 Å². The van der Waals surface area contributed by atoms with Crippen LogP contribution in [0, 0.1) is 5.82 Å². The first kappa shape index (κ1) is 22.2. The Balaban J connectivity index is 2.01. The molecule has 10 nitrogen and oxygen atoms in total. The second-order valence-electron chi connectivity index (χ2n) is 6.33. The minimum Gasteiger partial charge on any atom is -0.426 e. The average molecular weight is 451 g/mol. The van der Waals surface area contributed by atoms with Crippen LogP contribution in [0.15, 0.2) is 50.4 Å². The van der Waals surface area contributed by atoms with Crippen LogP contribution in [-0.4, -0.2) is 26.0 Å². The summed E-state index contributed by atoms with van der Waals surface area (Å²) >= 11 is 0. The second-order valence-corrected chi connectivity index (χ2v) is 7.95. The van der Waals surface area contributed by atoms with E-state index in [0.29, 0.717) is 4.57 Å². The van der Waals surface area contributed by atoms with Gasteiger partial charge in [0.05, 0.1) is 17.6 Å². The summed E-state index contributed by atoms with van der Waals surface area (Å²) in [6.07, 6.45) is 0.138. The van der Waals surface area contributed by atoms with Gasteiger partial charge >= 0.3 is 11.7 Å².